The number of alkyl carbamates (subject to hydrolysis) is 1. The van der Waals surface area contributed by atoms with E-state index in [1.807, 2.05) is 20.8 Å². The van der Waals surface area contributed by atoms with Crippen molar-refractivity contribution in [2.75, 3.05) is 19.7 Å². The number of esters is 1. The second-order valence-electron chi connectivity index (χ2n) is 5.82. The van der Waals surface area contributed by atoms with Crippen LogP contribution in [0, 0.1) is 0 Å². The molecule has 0 aliphatic heterocycles. The first-order valence-corrected chi connectivity index (χ1v) is 6.64. The van der Waals surface area contributed by atoms with Crippen LogP contribution in [0.5, 0.6) is 0 Å². The van der Waals surface area contributed by atoms with E-state index in [1.54, 1.807) is 6.92 Å². The summed E-state index contributed by atoms with van der Waals surface area (Å²) >= 11 is 0. The molecule has 19 heavy (non-hydrogen) atoms. The fourth-order valence-electron chi connectivity index (χ4n) is 1.63. The second kappa shape index (κ2) is 6.23. The van der Waals surface area contributed by atoms with Gasteiger partial charge in [-0.25, -0.2) is 4.79 Å². The minimum absolute atomic E-state index is 0.158. The highest BCUT2D eigenvalue weighted by atomic mass is 16.6. The van der Waals surface area contributed by atoms with Gasteiger partial charge in [0.2, 0.25) is 0 Å². The molecule has 110 valence electrons. The number of hydrogen-bond acceptors (Lipinski definition) is 5. The largest absolute Gasteiger partial charge is 0.465 e. The highest BCUT2D eigenvalue weighted by Gasteiger charge is 2.44. The van der Waals surface area contributed by atoms with Crippen molar-refractivity contribution in [2.24, 2.45) is 0 Å². The van der Waals surface area contributed by atoms with Crippen LogP contribution in [0.3, 0.4) is 0 Å². The van der Waals surface area contributed by atoms with Crippen LogP contribution in [0.4, 0.5) is 4.79 Å². The molecule has 6 nitrogen and oxygen atoms in total. The second-order valence-corrected chi connectivity index (χ2v) is 5.82. The molecule has 2 N–H and O–H groups in total. The molecule has 1 aliphatic rings. The van der Waals surface area contributed by atoms with Crippen LogP contribution < -0.4 is 10.6 Å². The first kappa shape index (κ1) is 15.8. The minimum Gasteiger partial charge on any atom is -0.465 e. The van der Waals surface area contributed by atoms with Crippen LogP contribution >= 0.6 is 0 Å². The summed E-state index contributed by atoms with van der Waals surface area (Å²) in [4.78, 5) is 22.8. The van der Waals surface area contributed by atoms with Crippen molar-refractivity contribution in [3.63, 3.8) is 0 Å². The van der Waals surface area contributed by atoms with E-state index >= 15 is 0 Å². The van der Waals surface area contributed by atoms with Gasteiger partial charge in [0.05, 0.1) is 18.7 Å². The lowest BCUT2D eigenvalue weighted by molar-refractivity contribution is -0.142. The lowest BCUT2D eigenvalue weighted by Gasteiger charge is -2.23. The molecule has 0 saturated heterocycles. The van der Waals surface area contributed by atoms with Gasteiger partial charge < -0.3 is 20.1 Å². The van der Waals surface area contributed by atoms with Crippen molar-refractivity contribution < 1.29 is 19.1 Å². The Bertz CT molecular complexity index is 332. The summed E-state index contributed by atoms with van der Waals surface area (Å²) in [6.45, 7) is 8.32. The summed E-state index contributed by atoms with van der Waals surface area (Å²) in [5.74, 6) is -0.282. The van der Waals surface area contributed by atoms with Crippen LogP contribution in [0.25, 0.3) is 0 Å². The monoisotopic (exact) mass is 272 g/mol. The zero-order chi connectivity index (χ0) is 14.5. The maximum atomic E-state index is 11.7. The predicted octanol–water partition coefficient (Wildman–Crippen LogP) is 1.20. The quantitative estimate of drug-likeness (QED) is 0.710. The van der Waals surface area contributed by atoms with Gasteiger partial charge in [-0.1, -0.05) is 0 Å². The molecule has 6 heteroatoms. The van der Waals surface area contributed by atoms with Crippen LogP contribution in [-0.2, 0) is 14.3 Å². The summed E-state index contributed by atoms with van der Waals surface area (Å²) in [6, 6.07) is 0. The molecule has 1 saturated carbocycles. The van der Waals surface area contributed by atoms with Crippen molar-refractivity contribution >= 4 is 12.1 Å². The normalized spacial score (nSPS) is 16.6. The maximum Gasteiger partial charge on any atom is 0.408 e. The summed E-state index contributed by atoms with van der Waals surface area (Å²) in [5, 5.41) is 5.85. The molecular formula is C13H24N2O4. The molecule has 1 amide bonds. The Kier molecular flexibility index (Phi) is 5.17. The number of rotatable bonds is 6. The highest BCUT2D eigenvalue weighted by molar-refractivity contribution is 5.71. The Labute approximate surface area is 114 Å². The molecule has 0 bridgehead atoms. The van der Waals surface area contributed by atoms with Gasteiger partial charge in [0.15, 0.2) is 0 Å². The smallest absolute Gasteiger partial charge is 0.408 e. The topological polar surface area (TPSA) is 76.7 Å². The van der Waals surface area contributed by atoms with Gasteiger partial charge in [-0.2, -0.15) is 0 Å². The number of hydrogen-bond donors (Lipinski definition) is 2. The van der Waals surface area contributed by atoms with Crippen molar-refractivity contribution in [2.45, 2.75) is 51.7 Å². The third-order valence-corrected chi connectivity index (χ3v) is 2.66. The number of carbonyl (C=O) groups excluding carboxylic acids is 2. The molecule has 0 aromatic heterocycles. The zero-order valence-electron chi connectivity index (χ0n) is 12.2. The van der Waals surface area contributed by atoms with Gasteiger partial charge >= 0.3 is 12.1 Å². The van der Waals surface area contributed by atoms with Gasteiger partial charge in [-0.3, -0.25) is 4.79 Å². The van der Waals surface area contributed by atoms with E-state index in [0.29, 0.717) is 13.2 Å². The molecule has 0 aromatic rings. The Balaban J connectivity index is 2.26. The molecule has 0 atom stereocenters. The van der Waals surface area contributed by atoms with Crippen LogP contribution in [-0.4, -0.2) is 42.9 Å². The SMILES string of the molecule is CCOC(=O)CNCC1(NC(=O)OC(C)(C)C)CC1. The van der Waals surface area contributed by atoms with Crippen molar-refractivity contribution in [3.8, 4) is 0 Å². The van der Waals surface area contributed by atoms with Crippen LogP contribution in [0.1, 0.15) is 40.5 Å². The number of amides is 1. The molecular weight excluding hydrogens is 248 g/mol. The summed E-state index contributed by atoms with van der Waals surface area (Å²) in [6.07, 6.45) is 1.37. The van der Waals surface area contributed by atoms with Crippen LogP contribution in [0.15, 0.2) is 0 Å². The van der Waals surface area contributed by atoms with Crippen molar-refractivity contribution in [3.05, 3.63) is 0 Å². The van der Waals surface area contributed by atoms with Crippen molar-refractivity contribution in [1.29, 1.82) is 0 Å². The first-order chi connectivity index (χ1) is 8.76. The maximum absolute atomic E-state index is 11.7. The lowest BCUT2D eigenvalue weighted by Crippen LogP contribution is -2.47. The molecule has 0 unspecified atom stereocenters. The summed E-state index contributed by atoms with van der Waals surface area (Å²) in [7, 11) is 0. The number of nitrogens with one attached hydrogen (secondary N) is 2. The van der Waals surface area contributed by atoms with E-state index in [-0.39, 0.29) is 18.1 Å². The number of ether oxygens (including phenoxy) is 2. The molecule has 0 radical (unpaired) electrons. The third-order valence-electron chi connectivity index (χ3n) is 2.66. The Hall–Kier alpha value is -1.30. The minimum atomic E-state index is -0.501. The molecule has 1 rings (SSSR count). The van der Waals surface area contributed by atoms with Gasteiger partial charge in [-0.05, 0) is 40.5 Å². The standard InChI is InChI=1S/C13H24N2O4/c1-5-18-10(16)8-14-9-13(6-7-13)15-11(17)19-12(2,3)4/h14H,5-9H2,1-4H3,(H,15,17). The van der Waals surface area contributed by atoms with E-state index in [2.05, 4.69) is 10.6 Å². The first-order valence-electron chi connectivity index (χ1n) is 6.64. The Morgan fingerprint density at radius 2 is 1.89 bits per heavy atom. The van der Waals surface area contributed by atoms with Gasteiger partial charge in [0.25, 0.3) is 0 Å². The van der Waals surface area contributed by atoms with E-state index in [0.717, 1.165) is 12.8 Å². The van der Waals surface area contributed by atoms with Gasteiger partial charge in [-0.15, -0.1) is 0 Å². The molecule has 1 fully saturated rings. The zero-order valence-corrected chi connectivity index (χ0v) is 12.2. The fourth-order valence-corrected chi connectivity index (χ4v) is 1.63. The summed E-state index contributed by atoms with van der Waals surface area (Å²) < 4.78 is 10.0. The molecule has 0 spiro atoms. The Morgan fingerprint density at radius 1 is 1.26 bits per heavy atom. The van der Waals surface area contributed by atoms with Gasteiger partial charge in [0.1, 0.15) is 5.60 Å². The van der Waals surface area contributed by atoms with Crippen LogP contribution in [0.2, 0.25) is 0 Å². The van der Waals surface area contributed by atoms with E-state index in [1.165, 1.54) is 0 Å². The van der Waals surface area contributed by atoms with E-state index < -0.39 is 11.7 Å². The van der Waals surface area contributed by atoms with Gasteiger partial charge in [0, 0.05) is 6.54 Å². The highest BCUT2D eigenvalue weighted by Crippen LogP contribution is 2.34. The molecule has 0 aromatic carbocycles. The third kappa shape index (κ3) is 6.42. The van der Waals surface area contributed by atoms with E-state index in [4.69, 9.17) is 9.47 Å². The van der Waals surface area contributed by atoms with Crippen molar-refractivity contribution in [1.82, 2.24) is 10.6 Å². The average Bonchev–Trinajstić information content (AvgIpc) is 2.95. The Morgan fingerprint density at radius 3 is 2.37 bits per heavy atom. The lowest BCUT2D eigenvalue weighted by atomic mass is 10.2. The summed E-state index contributed by atoms with van der Waals surface area (Å²) in [5.41, 5.74) is -0.770. The molecule has 0 heterocycles. The molecule has 1 aliphatic carbocycles. The number of carbonyl (C=O) groups is 2. The van der Waals surface area contributed by atoms with E-state index in [9.17, 15) is 9.59 Å². The fraction of sp³-hybridized carbons (Fsp3) is 0.846. The average molecular weight is 272 g/mol. The predicted molar refractivity (Wildman–Crippen MR) is 70.8 cm³/mol.